The maximum absolute atomic E-state index is 11.3. The number of nitro groups is 1. The summed E-state index contributed by atoms with van der Waals surface area (Å²) in [6.45, 7) is 4.21. The molecule has 1 amide bonds. The van der Waals surface area contributed by atoms with E-state index in [9.17, 15) is 19.7 Å². The quantitative estimate of drug-likeness (QED) is 0.152. The molecule has 12 nitrogen and oxygen atoms in total. The third kappa shape index (κ3) is 16.5. The SMILES string of the molecule is O=C(O)CCC(=O)NCCCOCCOCCOCCOCCOc1ccc([N+](=O)[O-])cc1. The number of nitrogens with zero attached hydrogens (tertiary/aromatic N) is 1. The van der Waals surface area contributed by atoms with Gasteiger partial charge in [-0.2, -0.15) is 0 Å². The van der Waals surface area contributed by atoms with Gasteiger partial charge in [-0.05, 0) is 18.6 Å². The number of carbonyl (C=O) groups is 2. The smallest absolute Gasteiger partial charge is 0.303 e. The molecule has 0 saturated carbocycles. The Labute approximate surface area is 192 Å². The highest BCUT2D eigenvalue weighted by molar-refractivity contribution is 5.80. The first-order chi connectivity index (χ1) is 16.0. The molecule has 1 aromatic rings. The van der Waals surface area contributed by atoms with Crippen LogP contribution in [0.5, 0.6) is 5.75 Å². The Bertz CT molecular complexity index is 684. The van der Waals surface area contributed by atoms with E-state index >= 15 is 0 Å². The van der Waals surface area contributed by atoms with Crippen LogP contribution in [0.2, 0.25) is 0 Å². The summed E-state index contributed by atoms with van der Waals surface area (Å²) in [5.74, 6) is -0.723. The molecule has 0 heterocycles. The number of amides is 1. The molecule has 0 aliphatic heterocycles. The molecule has 186 valence electrons. The molecule has 0 aliphatic rings. The van der Waals surface area contributed by atoms with Gasteiger partial charge in [0, 0.05) is 31.7 Å². The average molecular weight is 472 g/mol. The van der Waals surface area contributed by atoms with Crippen molar-refractivity contribution in [3.8, 4) is 5.75 Å². The summed E-state index contributed by atoms with van der Waals surface area (Å²) < 4.78 is 26.9. The summed E-state index contributed by atoms with van der Waals surface area (Å²) in [4.78, 5) is 31.8. The van der Waals surface area contributed by atoms with Crippen molar-refractivity contribution in [2.24, 2.45) is 0 Å². The van der Waals surface area contributed by atoms with E-state index in [4.69, 9.17) is 28.8 Å². The van der Waals surface area contributed by atoms with Gasteiger partial charge in [0.15, 0.2) is 0 Å². The normalized spacial score (nSPS) is 10.7. The maximum Gasteiger partial charge on any atom is 0.303 e. The van der Waals surface area contributed by atoms with Crippen LogP contribution in [0.1, 0.15) is 19.3 Å². The van der Waals surface area contributed by atoms with E-state index in [1.807, 2.05) is 0 Å². The minimum Gasteiger partial charge on any atom is -0.491 e. The third-order valence-electron chi connectivity index (χ3n) is 4.01. The summed E-state index contributed by atoms with van der Waals surface area (Å²) in [6, 6.07) is 5.85. The average Bonchev–Trinajstić information content (AvgIpc) is 2.80. The molecular formula is C21H32N2O10. The van der Waals surface area contributed by atoms with Crippen LogP contribution in [0.15, 0.2) is 24.3 Å². The van der Waals surface area contributed by atoms with Gasteiger partial charge in [-0.25, -0.2) is 0 Å². The molecule has 33 heavy (non-hydrogen) atoms. The number of non-ortho nitro benzene ring substituents is 1. The van der Waals surface area contributed by atoms with Gasteiger partial charge >= 0.3 is 5.97 Å². The largest absolute Gasteiger partial charge is 0.491 e. The van der Waals surface area contributed by atoms with E-state index < -0.39 is 10.9 Å². The molecule has 0 atom stereocenters. The van der Waals surface area contributed by atoms with Gasteiger partial charge in [0.2, 0.25) is 5.91 Å². The fourth-order valence-corrected chi connectivity index (χ4v) is 2.36. The molecule has 0 fully saturated rings. The molecule has 0 saturated heterocycles. The Morgan fingerprint density at radius 3 is 1.85 bits per heavy atom. The number of carboxylic acids is 1. The summed E-state index contributed by atoms with van der Waals surface area (Å²) >= 11 is 0. The molecule has 1 rings (SSSR count). The lowest BCUT2D eigenvalue weighted by Crippen LogP contribution is -2.25. The number of nitrogens with one attached hydrogen (secondary N) is 1. The van der Waals surface area contributed by atoms with Crippen LogP contribution in [-0.2, 0) is 28.5 Å². The summed E-state index contributed by atoms with van der Waals surface area (Å²) in [6.07, 6.45) is 0.454. The molecule has 0 unspecified atom stereocenters. The molecule has 0 aromatic heterocycles. The van der Waals surface area contributed by atoms with Crippen molar-refractivity contribution in [1.29, 1.82) is 0 Å². The zero-order valence-electron chi connectivity index (χ0n) is 18.6. The maximum atomic E-state index is 11.3. The number of hydrogen-bond donors (Lipinski definition) is 2. The molecular weight excluding hydrogens is 440 g/mol. The summed E-state index contributed by atoms with van der Waals surface area (Å²) in [5, 5.41) is 21.7. The number of nitro benzene ring substituents is 1. The highest BCUT2D eigenvalue weighted by Crippen LogP contribution is 2.16. The zero-order chi connectivity index (χ0) is 24.2. The van der Waals surface area contributed by atoms with Gasteiger partial charge in [-0.1, -0.05) is 0 Å². The fourth-order valence-electron chi connectivity index (χ4n) is 2.36. The van der Waals surface area contributed by atoms with Crippen LogP contribution in [-0.4, -0.2) is 87.9 Å². The van der Waals surface area contributed by atoms with Crippen molar-refractivity contribution in [3.05, 3.63) is 34.4 Å². The minimum atomic E-state index is -0.990. The van der Waals surface area contributed by atoms with Crippen molar-refractivity contribution < 1.29 is 43.3 Å². The molecule has 0 spiro atoms. The van der Waals surface area contributed by atoms with Crippen LogP contribution < -0.4 is 10.1 Å². The van der Waals surface area contributed by atoms with Gasteiger partial charge in [-0.15, -0.1) is 0 Å². The lowest BCUT2D eigenvalue weighted by atomic mass is 10.3. The summed E-state index contributed by atoms with van der Waals surface area (Å²) in [5.41, 5.74) is 0.0156. The highest BCUT2D eigenvalue weighted by Gasteiger charge is 2.05. The number of aliphatic carboxylic acids is 1. The predicted octanol–water partition coefficient (Wildman–Crippen LogP) is 1.41. The molecule has 12 heteroatoms. The van der Waals surface area contributed by atoms with Crippen molar-refractivity contribution in [3.63, 3.8) is 0 Å². The molecule has 0 radical (unpaired) electrons. The lowest BCUT2D eigenvalue weighted by Gasteiger charge is -2.08. The second kappa shape index (κ2) is 18.7. The Hall–Kier alpha value is -2.80. The Balaban J connectivity index is 1.78. The van der Waals surface area contributed by atoms with Crippen molar-refractivity contribution in [2.75, 3.05) is 66.0 Å². The van der Waals surface area contributed by atoms with Crippen molar-refractivity contribution >= 4 is 17.6 Å². The van der Waals surface area contributed by atoms with E-state index in [2.05, 4.69) is 5.32 Å². The Morgan fingerprint density at radius 2 is 1.33 bits per heavy atom. The first kappa shape index (κ1) is 28.2. The monoisotopic (exact) mass is 472 g/mol. The van der Waals surface area contributed by atoms with Gasteiger partial charge < -0.3 is 34.1 Å². The van der Waals surface area contributed by atoms with E-state index in [0.29, 0.717) is 78.2 Å². The van der Waals surface area contributed by atoms with E-state index in [0.717, 1.165) is 0 Å². The number of ether oxygens (including phenoxy) is 5. The lowest BCUT2D eigenvalue weighted by molar-refractivity contribution is -0.384. The Morgan fingerprint density at radius 1 is 0.818 bits per heavy atom. The molecule has 0 bridgehead atoms. The first-order valence-corrected chi connectivity index (χ1v) is 10.7. The van der Waals surface area contributed by atoms with Gasteiger partial charge in [0.05, 0.1) is 57.6 Å². The van der Waals surface area contributed by atoms with Crippen LogP contribution >= 0.6 is 0 Å². The van der Waals surface area contributed by atoms with E-state index in [1.165, 1.54) is 12.1 Å². The van der Waals surface area contributed by atoms with Crippen LogP contribution in [0, 0.1) is 10.1 Å². The van der Waals surface area contributed by atoms with Gasteiger partial charge in [0.25, 0.3) is 5.69 Å². The predicted molar refractivity (Wildman–Crippen MR) is 116 cm³/mol. The van der Waals surface area contributed by atoms with Crippen LogP contribution in [0.25, 0.3) is 0 Å². The molecule has 2 N–H and O–H groups in total. The van der Waals surface area contributed by atoms with Crippen molar-refractivity contribution in [2.45, 2.75) is 19.3 Å². The highest BCUT2D eigenvalue weighted by atomic mass is 16.6. The van der Waals surface area contributed by atoms with E-state index in [-0.39, 0.29) is 24.4 Å². The van der Waals surface area contributed by atoms with Crippen molar-refractivity contribution in [1.82, 2.24) is 5.32 Å². The molecule has 1 aromatic carbocycles. The van der Waals surface area contributed by atoms with Crippen LogP contribution in [0.3, 0.4) is 0 Å². The number of rotatable bonds is 21. The fraction of sp³-hybridized carbons (Fsp3) is 0.619. The third-order valence-corrected chi connectivity index (χ3v) is 4.01. The first-order valence-electron chi connectivity index (χ1n) is 10.7. The number of carboxylic acid groups (broad SMARTS) is 1. The second-order valence-electron chi connectivity index (χ2n) is 6.65. The minimum absolute atomic E-state index is 0.0156. The number of benzene rings is 1. The zero-order valence-corrected chi connectivity index (χ0v) is 18.6. The summed E-state index contributed by atoms with van der Waals surface area (Å²) in [7, 11) is 0. The van der Waals surface area contributed by atoms with Gasteiger partial charge in [0.1, 0.15) is 12.4 Å². The van der Waals surface area contributed by atoms with Crippen LogP contribution in [0.4, 0.5) is 5.69 Å². The second-order valence-corrected chi connectivity index (χ2v) is 6.65. The van der Waals surface area contributed by atoms with E-state index in [1.54, 1.807) is 12.1 Å². The Kier molecular flexibility index (Phi) is 16.0. The number of hydrogen-bond acceptors (Lipinski definition) is 9. The topological polar surface area (TPSA) is 156 Å². The number of carbonyl (C=O) groups excluding carboxylic acids is 1. The standard InChI is InChI=1S/C21H32N2O10/c24-20(6-7-21(25)26)22-8-1-9-29-10-11-30-12-13-31-14-15-32-16-17-33-19-4-2-18(3-5-19)23(27)28/h2-5H,1,6-17H2,(H,22,24)(H,25,26). The van der Waals surface area contributed by atoms with Gasteiger partial charge in [-0.3, -0.25) is 19.7 Å². The molecule has 0 aliphatic carbocycles.